The zero-order valence-electron chi connectivity index (χ0n) is 13.0. The monoisotopic (exact) mass is 273 g/mol. The van der Waals surface area contributed by atoms with Gasteiger partial charge in [-0.25, -0.2) is 0 Å². The first-order valence-corrected chi connectivity index (χ1v) is 8.01. The van der Waals surface area contributed by atoms with Crippen molar-refractivity contribution in [2.75, 3.05) is 6.54 Å². The van der Waals surface area contributed by atoms with Gasteiger partial charge in [-0.1, -0.05) is 26.0 Å². The van der Waals surface area contributed by atoms with E-state index in [1.165, 1.54) is 37.0 Å². The normalized spacial score (nSPS) is 28.4. The molecule has 0 radical (unpaired) electrons. The number of hydrogen-bond donors (Lipinski definition) is 1. The van der Waals surface area contributed by atoms with Gasteiger partial charge in [0, 0.05) is 18.0 Å². The number of nitrogens with one attached hydrogen (secondary N) is 1. The van der Waals surface area contributed by atoms with Crippen LogP contribution in [0.2, 0.25) is 0 Å². The minimum atomic E-state index is 0.335. The summed E-state index contributed by atoms with van der Waals surface area (Å²) in [5.74, 6) is 3.07. The predicted octanol–water partition coefficient (Wildman–Crippen LogP) is 4.55. The Bertz CT molecular complexity index is 498. The molecule has 0 aliphatic heterocycles. The molecular formula is C18H27NO. The lowest BCUT2D eigenvalue weighted by atomic mass is 9.74. The average molecular weight is 273 g/mol. The minimum Gasteiger partial charge on any atom is -0.466 e. The van der Waals surface area contributed by atoms with E-state index in [1.807, 2.05) is 0 Å². The first-order chi connectivity index (χ1) is 9.53. The molecule has 1 heterocycles. The second kappa shape index (κ2) is 5.40. The first kappa shape index (κ1) is 13.9. The molecule has 0 amide bonds. The lowest BCUT2D eigenvalue weighted by Gasteiger charge is -2.35. The standard InChI is InChI=1S/C18H27NO/c1-13-9-15-16(10-18(2,3)11-17(15)20-13)19-12-14-7-5-4-6-8-14/h4-5,9,14,16,19H,6-8,10-12H2,1-3H3. The zero-order chi connectivity index (χ0) is 14.2. The summed E-state index contributed by atoms with van der Waals surface area (Å²) in [6.07, 6.45) is 10.8. The molecule has 0 saturated heterocycles. The molecule has 2 aliphatic rings. The van der Waals surface area contributed by atoms with Crippen LogP contribution in [0, 0.1) is 18.3 Å². The fraction of sp³-hybridized carbons (Fsp3) is 0.667. The van der Waals surface area contributed by atoms with Crippen LogP contribution >= 0.6 is 0 Å². The van der Waals surface area contributed by atoms with Crippen LogP contribution in [0.15, 0.2) is 22.6 Å². The third kappa shape index (κ3) is 3.01. The van der Waals surface area contributed by atoms with Gasteiger partial charge in [0.25, 0.3) is 0 Å². The molecule has 0 bridgehead atoms. The topological polar surface area (TPSA) is 25.2 Å². The molecule has 0 spiro atoms. The molecule has 2 atom stereocenters. The summed E-state index contributed by atoms with van der Waals surface area (Å²) < 4.78 is 5.91. The lowest BCUT2D eigenvalue weighted by Crippen LogP contribution is -2.35. The van der Waals surface area contributed by atoms with Crippen molar-refractivity contribution in [1.82, 2.24) is 5.32 Å². The lowest BCUT2D eigenvalue weighted by molar-refractivity contribution is 0.228. The SMILES string of the molecule is Cc1cc2c(o1)CC(C)(C)CC2NCC1CC=CCC1. The van der Waals surface area contributed by atoms with Crippen LogP contribution in [0.25, 0.3) is 0 Å². The quantitative estimate of drug-likeness (QED) is 0.817. The summed E-state index contributed by atoms with van der Waals surface area (Å²) in [4.78, 5) is 0. The maximum absolute atomic E-state index is 5.91. The molecule has 3 rings (SSSR count). The third-order valence-electron chi connectivity index (χ3n) is 4.77. The molecule has 2 aliphatic carbocycles. The Balaban J connectivity index is 1.70. The van der Waals surface area contributed by atoms with Crippen molar-refractivity contribution in [3.63, 3.8) is 0 Å². The molecule has 1 aromatic rings. The molecular weight excluding hydrogens is 246 g/mol. The van der Waals surface area contributed by atoms with Crippen LogP contribution in [0.3, 0.4) is 0 Å². The maximum Gasteiger partial charge on any atom is 0.109 e. The molecule has 2 unspecified atom stereocenters. The number of rotatable bonds is 3. The highest BCUT2D eigenvalue weighted by atomic mass is 16.3. The Morgan fingerprint density at radius 2 is 2.20 bits per heavy atom. The molecule has 1 N–H and O–H groups in total. The molecule has 110 valence electrons. The Kier molecular flexibility index (Phi) is 3.76. The van der Waals surface area contributed by atoms with E-state index in [-0.39, 0.29) is 0 Å². The van der Waals surface area contributed by atoms with Gasteiger partial charge >= 0.3 is 0 Å². The Morgan fingerprint density at radius 3 is 2.95 bits per heavy atom. The highest BCUT2D eigenvalue weighted by Gasteiger charge is 2.34. The largest absolute Gasteiger partial charge is 0.466 e. The van der Waals surface area contributed by atoms with Gasteiger partial charge in [-0.15, -0.1) is 0 Å². The Hall–Kier alpha value is -1.02. The predicted molar refractivity (Wildman–Crippen MR) is 82.8 cm³/mol. The van der Waals surface area contributed by atoms with Gasteiger partial charge in [0.15, 0.2) is 0 Å². The van der Waals surface area contributed by atoms with Gasteiger partial charge < -0.3 is 9.73 Å². The smallest absolute Gasteiger partial charge is 0.109 e. The average Bonchev–Trinajstić information content (AvgIpc) is 2.76. The minimum absolute atomic E-state index is 0.335. The second-order valence-corrected chi connectivity index (χ2v) is 7.39. The number of furan rings is 1. The third-order valence-corrected chi connectivity index (χ3v) is 4.77. The van der Waals surface area contributed by atoms with E-state index in [0.29, 0.717) is 11.5 Å². The maximum atomic E-state index is 5.91. The van der Waals surface area contributed by atoms with Crippen molar-refractivity contribution < 1.29 is 4.42 Å². The zero-order valence-corrected chi connectivity index (χ0v) is 13.0. The van der Waals surface area contributed by atoms with Crippen LogP contribution in [0.4, 0.5) is 0 Å². The molecule has 20 heavy (non-hydrogen) atoms. The molecule has 0 saturated carbocycles. The molecule has 0 fully saturated rings. The fourth-order valence-corrected chi connectivity index (χ4v) is 3.72. The Morgan fingerprint density at radius 1 is 1.35 bits per heavy atom. The van der Waals surface area contributed by atoms with Gasteiger partial charge in [0.1, 0.15) is 11.5 Å². The molecule has 1 aromatic heterocycles. The van der Waals surface area contributed by atoms with E-state index >= 15 is 0 Å². The molecule has 0 aromatic carbocycles. The van der Waals surface area contributed by atoms with Gasteiger partial charge in [-0.3, -0.25) is 0 Å². The van der Waals surface area contributed by atoms with Gasteiger partial charge in [0.05, 0.1) is 0 Å². The molecule has 2 nitrogen and oxygen atoms in total. The van der Waals surface area contributed by atoms with Crippen molar-refractivity contribution in [2.24, 2.45) is 11.3 Å². The number of fused-ring (bicyclic) bond motifs is 1. The van der Waals surface area contributed by atoms with E-state index in [2.05, 4.69) is 44.3 Å². The summed E-state index contributed by atoms with van der Waals surface area (Å²) >= 11 is 0. The van der Waals surface area contributed by atoms with Crippen molar-refractivity contribution >= 4 is 0 Å². The fourth-order valence-electron chi connectivity index (χ4n) is 3.72. The van der Waals surface area contributed by atoms with Gasteiger partial charge in [-0.05, 0) is 56.6 Å². The summed E-state index contributed by atoms with van der Waals surface area (Å²) in [6.45, 7) is 7.90. The van der Waals surface area contributed by atoms with E-state index < -0.39 is 0 Å². The molecule has 2 heteroatoms. The van der Waals surface area contributed by atoms with E-state index in [9.17, 15) is 0 Å². The van der Waals surface area contributed by atoms with Crippen LogP contribution in [0.1, 0.15) is 62.7 Å². The summed E-state index contributed by atoms with van der Waals surface area (Å²) in [7, 11) is 0. The Labute approximate surface area is 122 Å². The number of allylic oxidation sites excluding steroid dienone is 2. The van der Waals surface area contributed by atoms with Crippen molar-refractivity contribution in [1.29, 1.82) is 0 Å². The van der Waals surface area contributed by atoms with Gasteiger partial charge in [0.2, 0.25) is 0 Å². The van der Waals surface area contributed by atoms with Crippen LogP contribution in [0.5, 0.6) is 0 Å². The van der Waals surface area contributed by atoms with Crippen molar-refractivity contribution in [3.8, 4) is 0 Å². The van der Waals surface area contributed by atoms with Crippen molar-refractivity contribution in [3.05, 3.63) is 35.3 Å². The van der Waals surface area contributed by atoms with Crippen LogP contribution in [-0.4, -0.2) is 6.54 Å². The van der Waals surface area contributed by atoms with E-state index in [4.69, 9.17) is 4.42 Å². The number of hydrogen-bond acceptors (Lipinski definition) is 2. The van der Waals surface area contributed by atoms with E-state index in [0.717, 1.165) is 24.6 Å². The van der Waals surface area contributed by atoms with Crippen LogP contribution in [-0.2, 0) is 6.42 Å². The summed E-state index contributed by atoms with van der Waals surface area (Å²) in [5.41, 5.74) is 1.75. The number of aryl methyl sites for hydroxylation is 1. The van der Waals surface area contributed by atoms with Gasteiger partial charge in [-0.2, -0.15) is 0 Å². The summed E-state index contributed by atoms with van der Waals surface area (Å²) in [6, 6.07) is 2.71. The highest BCUT2D eigenvalue weighted by molar-refractivity contribution is 5.29. The second-order valence-electron chi connectivity index (χ2n) is 7.39. The first-order valence-electron chi connectivity index (χ1n) is 8.01. The highest BCUT2D eigenvalue weighted by Crippen LogP contribution is 2.42. The van der Waals surface area contributed by atoms with Crippen molar-refractivity contribution in [2.45, 2.75) is 58.9 Å². The summed E-state index contributed by atoms with van der Waals surface area (Å²) in [5, 5.41) is 3.82. The van der Waals surface area contributed by atoms with E-state index in [1.54, 1.807) is 0 Å². The van der Waals surface area contributed by atoms with Crippen LogP contribution < -0.4 is 5.32 Å².